The summed E-state index contributed by atoms with van der Waals surface area (Å²) in [5, 5.41) is 0. The van der Waals surface area contributed by atoms with Gasteiger partial charge in [-0.15, -0.1) is 0 Å². The van der Waals surface area contributed by atoms with Crippen LogP contribution in [0.3, 0.4) is 0 Å². The Morgan fingerprint density at radius 2 is 2.11 bits per heavy atom. The van der Waals surface area contributed by atoms with Crippen molar-refractivity contribution < 1.29 is 9.47 Å². The van der Waals surface area contributed by atoms with Crippen molar-refractivity contribution in [3.05, 3.63) is 0 Å². The van der Waals surface area contributed by atoms with E-state index in [1.54, 1.807) is 0 Å². The van der Waals surface area contributed by atoms with Gasteiger partial charge in [0.25, 0.3) is 0 Å². The van der Waals surface area contributed by atoms with Crippen molar-refractivity contribution in [1.29, 1.82) is 0 Å². The van der Waals surface area contributed by atoms with Gasteiger partial charge in [-0.3, -0.25) is 4.90 Å². The Bertz CT molecular complexity index is 334. The number of nitrogens with two attached hydrogens (primary N) is 1. The molecule has 1 saturated carbocycles. The van der Waals surface area contributed by atoms with E-state index in [0.29, 0.717) is 12.1 Å². The van der Waals surface area contributed by atoms with Crippen molar-refractivity contribution in [3.63, 3.8) is 0 Å². The molecule has 1 aliphatic carbocycles. The Kier molecular flexibility index (Phi) is 3.63. The van der Waals surface area contributed by atoms with Crippen LogP contribution in [-0.4, -0.2) is 54.5 Å². The molecule has 2 aliphatic heterocycles. The highest BCUT2D eigenvalue weighted by atomic mass is 16.5. The molecule has 2 N–H and O–H groups in total. The van der Waals surface area contributed by atoms with E-state index >= 15 is 0 Å². The van der Waals surface area contributed by atoms with Gasteiger partial charge in [0, 0.05) is 31.3 Å². The summed E-state index contributed by atoms with van der Waals surface area (Å²) in [5.74, 6) is 0. The van der Waals surface area contributed by atoms with Crippen LogP contribution in [0, 0.1) is 0 Å². The van der Waals surface area contributed by atoms with Crippen molar-refractivity contribution in [2.75, 3.05) is 26.3 Å². The summed E-state index contributed by atoms with van der Waals surface area (Å²) in [6, 6.07) is 0.589. The number of nitrogens with zero attached hydrogens (tertiary/aromatic N) is 1. The lowest BCUT2D eigenvalue weighted by atomic mass is 9.78. The second-order valence-corrected chi connectivity index (χ2v) is 7.06. The van der Waals surface area contributed by atoms with Crippen LogP contribution in [-0.2, 0) is 9.47 Å². The topological polar surface area (TPSA) is 47.7 Å². The molecule has 110 valence electrons. The monoisotopic (exact) mass is 268 g/mol. The molecular weight excluding hydrogens is 240 g/mol. The Morgan fingerprint density at radius 1 is 1.26 bits per heavy atom. The lowest BCUT2D eigenvalue weighted by Crippen LogP contribution is -2.66. The lowest BCUT2D eigenvalue weighted by molar-refractivity contribution is -0.159. The second-order valence-electron chi connectivity index (χ2n) is 7.06. The fourth-order valence-corrected chi connectivity index (χ4v) is 4.50. The molecule has 3 aliphatic rings. The quantitative estimate of drug-likeness (QED) is 0.825. The van der Waals surface area contributed by atoms with Crippen LogP contribution < -0.4 is 5.73 Å². The van der Waals surface area contributed by atoms with Gasteiger partial charge in [-0.25, -0.2) is 0 Å². The number of hydrogen-bond donors (Lipinski definition) is 1. The van der Waals surface area contributed by atoms with E-state index in [0.717, 1.165) is 39.1 Å². The summed E-state index contributed by atoms with van der Waals surface area (Å²) in [4.78, 5) is 2.69. The van der Waals surface area contributed by atoms with Gasteiger partial charge in [0.05, 0.1) is 18.3 Å². The number of morpholine rings is 1. The van der Waals surface area contributed by atoms with E-state index in [1.807, 2.05) is 0 Å². The standard InChI is InChI=1S/C15H28N2O2/c1-14(2)10-15(11-16,6-8-19-14)17-7-9-18-13-5-3-4-12(13)17/h12-13H,3-11,16H2,1-2H3. The maximum absolute atomic E-state index is 6.23. The maximum atomic E-state index is 6.23. The van der Waals surface area contributed by atoms with Gasteiger partial charge in [-0.05, 0) is 46.0 Å². The van der Waals surface area contributed by atoms with Gasteiger partial charge in [-0.2, -0.15) is 0 Å². The maximum Gasteiger partial charge on any atom is 0.0731 e. The molecule has 0 aromatic carbocycles. The molecule has 0 aromatic heterocycles. The predicted octanol–water partition coefficient (Wildman–Crippen LogP) is 1.53. The zero-order valence-corrected chi connectivity index (χ0v) is 12.4. The molecule has 4 heteroatoms. The minimum Gasteiger partial charge on any atom is -0.375 e. The molecule has 3 fully saturated rings. The summed E-state index contributed by atoms with van der Waals surface area (Å²) in [6.45, 7) is 7.87. The lowest BCUT2D eigenvalue weighted by Gasteiger charge is -2.55. The Labute approximate surface area is 116 Å². The summed E-state index contributed by atoms with van der Waals surface area (Å²) in [6.07, 6.45) is 6.35. The van der Waals surface area contributed by atoms with Crippen LogP contribution in [0.25, 0.3) is 0 Å². The van der Waals surface area contributed by atoms with E-state index in [4.69, 9.17) is 15.2 Å². The van der Waals surface area contributed by atoms with Gasteiger partial charge >= 0.3 is 0 Å². The molecule has 3 atom stereocenters. The molecule has 0 aromatic rings. The van der Waals surface area contributed by atoms with Crippen LogP contribution in [0.1, 0.15) is 46.0 Å². The molecule has 3 rings (SSSR count). The normalized spacial score (nSPS) is 43.1. The average molecular weight is 268 g/mol. The number of hydrogen-bond acceptors (Lipinski definition) is 4. The summed E-state index contributed by atoms with van der Waals surface area (Å²) >= 11 is 0. The highest BCUT2D eigenvalue weighted by Gasteiger charge is 2.49. The van der Waals surface area contributed by atoms with E-state index in [2.05, 4.69) is 18.7 Å². The van der Waals surface area contributed by atoms with Gasteiger partial charge in [0.1, 0.15) is 0 Å². The third kappa shape index (κ3) is 2.44. The highest BCUT2D eigenvalue weighted by molar-refractivity contribution is 5.04. The van der Waals surface area contributed by atoms with Crippen molar-refractivity contribution in [1.82, 2.24) is 4.90 Å². The molecule has 0 spiro atoms. The first-order valence-electron chi connectivity index (χ1n) is 7.79. The first-order chi connectivity index (χ1) is 9.06. The summed E-state index contributed by atoms with van der Waals surface area (Å²) in [5.41, 5.74) is 6.31. The first-order valence-corrected chi connectivity index (χ1v) is 7.79. The minimum absolute atomic E-state index is 0.0516. The van der Waals surface area contributed by atoms with Crippen molar-refractivity contribution in [2.24, 2.45) is 5.73 Å². The average Bonchev–Trinajstić information content (AvgIpc) is 2.85. The first kappa shape index (κ1) is 13.8. The van der Waals surface area contributed by atoms with Crippen molar-refractivity contribution in [3.8, 4) is 0 Å². The Balaban J connectivity index is 1.84. The fourth-order valence-electron chi connectivity index (χ4n) is 4.50. The Hall–Kier alpha value is -0.160. The summed E-state index contributed by atoms with van der Waals surface area (Å²) < 4.78 is 11.9. The van der Waals surface area contributed by atoms with Gasteiger partial charge in [0.15, 0.2) is 0 Å². The van der Waals surface area contributed by atoms with Gasteiger partial charge < -0.3 is 15.2 Å². The van der Waals surface area contributed by atoms with E-state index in [9.17, 15) is 0 Å². The third-order valence-electron chi connectivity index (χ3n) is 5.29. The van der Waals surface area contributed by atoms with Crippen LogP contribution >= 0.6 is 0 Å². The molecule has 0 radical (unpaired) electrons. The zero-order valence-electron chi connectivity index (χ0n) is 12.4. The van der Waals surface area contributed by atoms with E-state index < -0.39 is 0 Å². The van der Waals surface area contributed by atoms with Gasteiger partial charge in [0.2, 0.25) is 0 Å². The van der Waals surface area contributed by atoms with Gasteiger partial charge in [-0.1, -0.05) is 0 Å². The largest absolute Gasteiger partial charge is 0.375 e. The Morgan fingerprint density at radius 3 is 2.84 bits per heavy atom. The van der Waals surface area contributed by atoms with E-state index in [1.165, 1.54) is 19.3 Å². The second kappa shape index (κ2) is 4.99. The molecule has 0 bridgehead atoms. The predicted molar refractivity (Wildman–Crippen MR) is 75.1 cm³/mol. The van der Waals surface area contributed by atoms with E-state index in [-0.39, 0.29) is 11.1 Å². The number of fused-ring (bicyclic) bond motifs is 1. The minimum atomic E-state index is -0.0516. The smallest absolute Gasteiger partial charge is 0.0731 e. The van der Waals surface area contributed by atoms with Crippen LogP contribution in [0.15, 0.2) is 0 Å². The zero-order chi connectivity index (χ0) is 13.5. The molecule has 0 amide bonds. The third-order valence-corrected chi connectivity index (χ3v) is 5.29. The summed E-state index contributed by atoms with van der Waals surface area (Å²) in [7, 11) is 0. The molecule has 4 nitrogen and oxygen atoms in total. The van der Waals surface area contributed by atoms with Crippen LogP contribution in [0.5, 0.6) is 0 Å². The van der Waals surface area contributed by atoms with Crippen LogP contribution in [0.2, 0.25) is 0 Å². The molecule has 3 unspecified atom stereocenters. The molecular formula is C15H28N2O2. The number of ether oxygens (including phenoxy) is 2. The SMILES string of the molecule is CC1(C)CC(CN)(N2CCOC3CCCC32)CCO1. The molecule has 2 heterocycles. The molecule has 19 heavy (non-hydrogen) atoms. The van der Waals surface area contributed by atoms with Crippen molar-refractivity contribution >= 4 is 0 Å². The number of rotatable bonds is 2. The molecule has 2 saturated heterocycles. The van der Waals surface area contributed by atoms with Crippen molar-refractivity contribution in [2.45, 2.75) is 69.2 Å². The highest BCUT2D eigenvalue weighted by Crippen LogP contribution is 2.41. The van der Waals surface area contributed by atoms with Crippen LogP contribution in [0.4, 0.5) is 0 Å². The fraction of sp³-hybridized carbons (Fsp3) is 1.00.